The molecule has 0 spiro atoms. The van der Waals surface area contributed by atoms with Gasteiger partial charge in [-0.1, -0.05) is 13.0 Å². The number of benzene rings is 1. The Kier molecular flexibility index (Phi) is 8.77. The number of halogens is 2. The van der Waals surface area contributed by atoms with Gasteiger partial charge in [0.15, 0.2) is 0 Å². The minimum absolute atomic E-state index is 0.101. The van der Waals surface area contributed by atoms with Gasteiger partial charge in [-0.05, 0) is 25.5 Å². The first-order valence-electron chi connectivity index (χ1n) is 7.47. The Morgan fingerprint density at radius 3 is 2.41 bits per heavy atom. The molecule has 1 atom stereocenters. The summed E-state index contributed by atoms with van der Waals surface area (Å²) in [6.45, 7) is 5.81. The summed E-state index contributed by atoms with van der Waals surface area (Å²) >= 11 is 0. The molecule has 1 aromatic rings. The molecule has 0 aliphatic carbocycles. The molecule has 1 unspecified atom stereocenters. The second kappa shape index (κ2) is 10.3. The van der Waals surface area contributed by atoms with E-state index in [1.807, 2.05) is 0 Å². The summed E-state index contributed by atoms with van der Waals surface area (Å²) in [6.07, 6.45) is 1.25. The van der Waals surface area contributed by atoms with E-state index in [2.05, 4.69) is 23.5 Å². The molecule has 4 nitrogen and oxygen atoms in total. The van der Waals surface area contributed by atoms with Crippen LogP contribution in [-0.2, 0) is 4.74 Å². The minimum Gasteiger partial charge on any atom is -0.497 e. The van der Waals surface area contributed by atoms with Crippen LogP contribution in [0.3, 0.4) is 0 Å². The van der Waals surface area contributed by atoms with Crippen LogP contribution >= 0.6 is 0 Å². The summed E-state index contributed by atoms with van der Waals surface area (Å²) in [5.41, 5.74) is 0. The zero-order valence-electron chi connectivity index (χ0n) is 13.4. The van der Waals surface area contributed by atoms with Crippen LogP contribution in [-0.4, -0.2) is 51.0 Å². The van der Waals surface area contributed by atoms with E-state index in [0.717, 1.165) is 32.3 Å². The van der Waals surface area contributed by atoms with Gasteiger partial charge in [-0.2, -0.15) is 8.78 Å². The van der Waals surface area contributed by atoms with Crippen LogP contribution in [0, 0.1) is 0 Å². The molecule has 0 amide bonds. The fraction of sp³-hybridized carbons (Fsp3) is 0.625. The Hall–Kier alpha value is -1.40. The number of ether oxygens (including phenoxy) is 3. The first-order chi connectivity index (χ1) is 10.6. The predicted octanol–water partition coefficient (Wildman–Crippen LogP) is 3.41. The summed E-state index contributed by atoms with van der Waals surface area (Å²) in [6, 6.07) is 6.80. The Labute approximate surface area is 131 Å². The number of morpholine rings is 1. The van der Waals surface area contributed by atoms with Crippen molar-refractivity contribution in [3.63, 3.8) is 0 Å². The van der Waals surface area contributed by atoms with Gasteiger partial charge in [0, 0.05) is 25.2 Å². The lowest BCUT2D eigenvalue weighted by Crippen LogP contribution is -2.41. The zero-order valence-corrected chi connectivity index (χ0v) is 13.4. The molecule has 0 N–H and O–H groups in total. The first kappa shape index (κ1) is 18.6. The van der Waals surface area contributed by atoms with Crippen molar-refractivity contribution in [2.24, 2.45) is 0 Å². The molecule has 0 bridgehead atoms. The molecule has 1 aromatic carbocycles. The smallest absolute Gasteiger partial charge is 0.387 e. The molecule has 1 saturated heterocycles. The maximum absolute atomic E-state index is 11.7. The number of nitrogens with zero attached hydrogens (tertiary/aromatic N) is 1. The van der Waals surface area contributed by atoms with Crippen LogP contribution < -0.4 is 9.47 Å². The van der Waals surface area contributed by atoms with Gasteiger partial charge in [-0.15, -0.1) is 0 Å². The monoisotopic (exact) mass is 317 g/mol. The lowest BCUT2D eigenvalue weighted by atomic mass is 10.2. The van der Waals surface area contributed by atoms with Crippen LogP contribution in [0.5, 0.6) is 11.5 Å². The molecule has 1 fully saturated rings. The number of alkyl halides is 2. The van der Waals surface area contributed by atoms with Gasteiger partial charge in [-0.3, -0.25) is 4.90 Å². The van der Waals surface area contributed by atoms with Gasteiger partial charge in [0.05, 0.1) is 20.3 Å². The second-order valence-electron chi connectivity index (χ2n) is 4.96. The van der Waals surface area contributed by atoms with E-state index in [1.165, 1.54) is 25.7 Å². The summed E-state index contributed by atoms with van der Waals surface area (Å²) in [5, 5.41) is 0. The number of hydrogen-bond donors (Lipinski definition) is 0. The average Bonchev–Trinajstić information content (AvgIpc) is 2.55. The van der Waals surface area contributed by atoms with Crippen LogP contribution in [0.25, 0.3) is 0 Å². The predicted molar refractivity (Wildman–Crippen MR) is 81.8 cm³/mol. The van der Waals surface area contributed by atoms with Gasteiger partial charge in [0.1, 0.15) is 11.5 Å². The Bertz CT molecular complexity index is 412. The van der Waals surface area contributed by atoms with Crippen LogP contribution in [0.15, 0.2) is 24.3 Å². The van der Waals surface area contributed by atoms with Crippen molar-refractivity contribution in [3.05, 3.63) is 24.3 Å². The highest BCUT2D eigenvalue weighted by Crippen LogP contribution is 2.20. The van der Waals surface area contributed by atoms with Crippen molar-refractivity contribution in [2.45, 2.75) is 32.9 Å². The molecule has 0 radical (unpaired) electrons. The molecule has 1 aliphatic rings. The topological polar surface area (TPSA) is 30.9 Å². The summed E-state index contributed by atoms with van der Waals surface area (Å²) in [5.74, 6) is 0.595. The molecule has 0 saturated carbocycles. The summed E-state index contributed by atoms with van der Waals surface area (Å²) < 4.78 is 37.6. The SMILES string of the molecule is CCC(C)N1CCOCC1.COc1cccc(OC(F)F)c1. The van der Waals surface area contributed by atoms with Gasteiger partial charge < -0.3 is 14.2 Å². The van der Waals surface area contributed by atoms with Crippen molar-refractivity contribution in [1.82, 2.24) is 4.90 Å². The molecule has 1 heterocycles. The number of methoxy groups -OCH3 is 1. The van der Waals surface area contributed by atoms with E-state index in [1.54, 1.807) is 12.1 Å². The minimum atomic E-state index is -2.79. The lowest BCUT2D eigenvalue weighted by Gasteiger charge is -2.31. The van der Waals surface area contributed by atoms with Gasteiger partial charge in [-0.25, -0.2) is 0 Å². The van der Waals surface area contributed by atoms with Crippen molar-refractivity contribution >= 4 is 0 Å². The van der Waals surface area contributed by atoms with Crippen molar-refractivity contribution in [3.8, 4) is 11.5 Å². The van der Waals surface area contributed by atoms with Crippen LogP contribution in [0.1, 0.15) is 20.3 Å². The van der Waals surface area contributed by atoms with Crippen molar-refractivity contribution in [1.29, 1.82) is 0 Å². The van der Waals surface area contributed by atoms with Gasteiger partial charge in [0.2, 0.25) is 0 Å². The fourth-order valence-electron chi connectivity index (χ4n) is 2.05. The third kappa shape index (κ3) is 7.04. The van der Waals surface area contributed by atoms with E-state index in [4.69, 9.17) is 9.47 Å². The van der Waals surface area contributed by atoms with E-state index in [9.17, 15) is 8.78 Å². The lowest BCUT2D eigenvalue weighted by molar-refractivity contribution is -0.0499. The largest absolute Gasteiger partial charge is 0.497 e. The van der Waals surface area contributed by atoms with E-state index in [-0.39, 0.29) is 5.75 Å². The quantitative estimate of drug-likeness (QED) is 0.833. The number of rotatable bonds is 5. The van der Waals surface area contributed by atoms with E-state index < -0.39 is 6.61 Å². The highest BCUT2D eigenvalue weighted by molar-refractivity contribution is 5.32. The van der Waals surface area contributed by atoms with Gasteiger partial charge >= 0.3 is 6.61 Å². The van der Waals surface area contributed by atoms with Crippen LogP contribution in [0.2, 0.25) is 0 Å². The fourth-order valence-corrected chi connectivity index (χ4v) is 2.05. The van der Waals surface area contributed by atoms with E-state index >= 15 is 0 Å². The molecular formula is C16H25F2NO3. The van der Waals surface area contributed by atoms with E-state index in [0.29, 0.717) is 5.75 Å². The van der Waals surface area contributed by atoms with Crippen molar-refractivity contribution < 1.29 is 23.0 Å². The molecule has 22 heavy (non-hydrogen) atoms. The Morgan fingerprint density at radius 1 is 1.23 bits per heavy atom. The third-order valence-corrected chi connectivity index (χ3v) is 3.53. The third-order valence-electron chi connectivity index (χ3n) is 3.53. The first-order valence-corrected chi connectivity index (χ1v) is 7.47. The van der Waals surface area contributed by atoms with Crippen molar-refractivity contribution in [2.75, 3.05) is 33.4 Å². The van der Waals surface area contributed by atoms with Crippen LogP contribution in [0.4, 0.5) is 8.78 Å². The standard InChI is InChI=1S/C8H8F2O2.C8H17NO/c1-11-6-3-2-4-7(5-6)12-8(9)10;1-3-8(2)9-4-6-10-7-5-9/h2-5,8H,1H3;8H,3-7H2,1-2H3. The number of hydrogen-bond acceptors (Lipinski definition) is 4. The Morgan fingerprint density at radius 2 is 1.86 bits per heavy atom. The maximum Gasteiger partial charge on any atom is 0.387 e. The highest BCUT2D eigenvalue weighted by Gasteiger charge is 2.14. The normalized spacial score (nSPS) is 16.6. The highest BCUT2D eigenvalue weighted by atomic mass is 19.3. The van der Waals surface area contributed by atoms with Gasteiger partial charge in [0.25, 0.3) is 0 Å². The zero-order chi connectivity index (χ0) is 16.4. The molecular weight excluding hydrogens is 292 g/mol. The summed E-state index contributed by atoms with van der Waals surface area (Å²) in [7, 11) is 1.46. The molecule has 2 rings (SSSR count). The Balaban J connectivity index is 0.000000224. The molecule has 6 heteroatoms. The second-order valence-corrected chi connectivity index (χ2v) is 4.96. The summed E-state index contributed by atoms with van der Waals surface area (Å²) in [4.78, 5) is 2.49. The molecule has 1 aliphatic heterocycles. The average molecular weight is 317 g/mol. The molecule has 126 valence electrons. The maximum atomic E-state index is 11.7. The molecule has 0 aromatic heterocycles.